The van der Waals surface area contributed by atoms with Crippen LogP contribution in [-0.2, 0) is 19.9 Å². The number of amides is 4. The lowest BCUT2D eigenvalue weighted by atomic mass is 9.92. The molecule has 0 aromatic heterocycles. The summed E-state index contributed by atoms with van der Waals surface area (Å²) in [6.45, 7) is 9.20. The molecule has 0 saturated carbocycles. The van der Waals surface area contributed by atoms with Crippen molar-refractivity contribution < 1.29 is 19.1 Å². The molecule has 30 heavy (non-hydrogen) atoms. The molecule has 8 nitrogen and oxygen atoms in total. The maximum absolute atomic E-state index is 12.9. The number of urea groups is 1. The molecular weight excluding hydrogens is 408 g/mol. The van der Waals surface area contributed by atoms with Crippen LogP contribution < -0.4 is 10.6 Å². The molecule has 2 aliphatic heterocycles. The largest absolute Gasteiger partial charge is 0.374 e. The Morgan fingerprint density at radius 3 is 2.70 bits per heavy atom. The van der Waals surface area contributed by atoms with Gasteiger partial charge in [-0.15, -0.1) is 0 Å². The number of halogens is 1. The Labute approximate surface area is 181 Å². The van der Waals surface area contributed by atoms with E-state index in [1.165, 1.54) is 0 Å². The second-order valence-electron chi connectivity index (χ2n) is 8.40. The SMILES string of the molecule is CC(C)CN1CCOC(CNC(=O)CN2C(=O)NC(C)(c3ccc(Cl)cc3)C2=O)C1. The maximum Gasteiger partial charge on any atom is 0.325 e. The van der Waals surface area contributed by atoms with E-state index in [0.29, 0.717) is 29.7 Å². The van der Waals surface area contributed by atoms with Gasteiger partial charge in [0.2, 0.25) is 5.91 Å². The minimum Gasteiger partial charge on any atom is -0.374 e. The Bertz CT molecular complexity index is 801. The van der Waals surface area contributed by atoms with Crippen LogP contribution in [0.3, 0.4) is 0 Å². The van der Waals surface area contributed by atoms with Gasteiger partial charge in [-0.2, -0.15) is 0 Å². The van der Waals surface area contributed by atoms with Gasteiger partial charge in [-0.1, -0.05) is 37.6 Å². The summed E-state index contributed by atoms with van der Waals surface area (Å²) in [6, 6.07) is 6.10. The molecule has 2 aliphatic rings. The van der Waals surface area contributed by atoms with Gasteiger partial charge in [0, 0.05) is 31.2 Å². The molecule has 0 spiro atoms. The Balaban J connectivity index is 1.54. The molecule has 2 saturated heterocycles. The van der Waals surface area contributed by atoms with Crippen LogP contribution in [0.2, 0.25) is 5.02 Å². The quantitative estimate of drug-likeness (QED) is 0.633. The first-order valence-electron chi connectivity index (χ1n) is 10.2. The van der Waals surface area contributed by atoms with Gasteiger partial charge in [-0.05, 0) is 30.5 Å². The number of hydrogen-bond acceptors (Lipinski definition) is 5. The molecule has 2 fully saturated rings. The number of carbonyl (C=O) groups excluding carboxylic acids is 3. The van der Waals surface area contributed by atoms with E-state index in [1.807, 2.05) is 0 Å². The Kier molecular flexibility index (Phi) is 7.00. The molecule has 2 N–H and O–H groups in total. The molecule has 0 bridgehead atoms. The maximum atomic E-state index is 12.9. The highest BCUT2D eigenvalue weighted by molar-refractivity contribution is 6.30. The molecule has 9 heteroatoms. The zero-order valence-corrected chi connectivity index (χ0v) is 18.4. The van der Waals surface area contributed by atoms with Crippen molar-refractivity contribution in [2.24, 2.45) is 5.92 Å². The highest BCUT2D eigenvalue weighted by Gasteiger charge is 2.49. The second kappa shape index (κ2) is 9.32. The van der Waals surface area contributed by atoms with E-state index in [1.54, 1.807) is 31.2 Å². The van der Waals surface area contributed by atoms with E-state index in [2.05, 4.69) is 29.4 Å². The lowest BCUT2D eigenvalue weighted by molar-refractivity contribution is -0.135. The first kappa shape index (κ1) is 22.5. The standard InChI is InChI=1S/C21H29ClN4O4/c1-14(2)11-25-8-9-30-17(12-25)10-23-18(27)13-26-19(28)21(3,24-20(26)29)15-4-6-16(22)7-5-15/h4-7,14,17H,8-13H2,1-3H3,(H,23,27)(H,24,29). The van der Waals surface area contributed by atoms with Crippen LogP contribution in [0, 0.1) is 5.92 Å². The van der Waals surface area contributed by atoms with E-state index in [-0.39, 0.29) is 12.6 Å². The zero-order chi connectivity index (χ0) is 21.9. The first-order valence-corrected chi connectivity index (χ1v) is 10.6. The third kappa shape index (κ3) is 5.11. The number of benzene rings is 1. The summed E-state index contributed by atoms with van der Waals surface area (Å²) in [4.78, 5) is 41.0. The molecule has 2 unspecified atom stereocenters. The predicted molar refractivity (Wildman–Crippen MR) is 113 cm³/mol. The van der Waals surface area contributed by atoms with Crippen molar-refractivity contribution in [1.29, 1.82) is 0 Å². The van der Waals surface area contributed by atoms with Crippen LogP contribution in [0.25, 0.3) is 0 Å². The van der Waals surface area contributed by atoms with Crippen molar-refractivity contribution in [1.82, 2.24) is 20.4 Å². The van der Waals surface area contributed by atoms with Crippen LogP contribution >= 0.6 is 11.6 Å². The van der Waals surface area contributed by atoms with Gasteiger partial charge in [0.15, 0.2) is 0 Å². The fraction of sp³-hybridized carbons (Fsp3) is 0.571. The Morgan fingerprint density at radius 1 is 1.33 bits per heavy atom. The second-order valence-corrected chi connectivity index (χ2v) is 8.84. The van der Waals surface area contributed by atoms with E-state index in [9.17, 15) is 14.4 Å². The number of nitrogens with one attached hydrogen (secondary N) is 2. The summed E-state index contributed by atoms with van der Waals surface area (Å²) in [7, 11) is 0. The predicted octanol–water partition coefficient (Wildman–Crippen LogP) is 1.58. The normalized spacial score (nSPS) is 25.0. The summed E-state index contributed by atoms with van der Waals surface area (Å²) in [5, 5.41) is 6.01. The number of rotatable bonds is 7. The number of nitrogens with zero attached hydrogens (tertiary/aromatic N) is 2. The van der Waals surface area contributed by atoms with Crippen LogP contribution in [0.4, 0.5) is 4.79 Å². The van der Waals surface area contributed by atoms with Crippen LogP contribution in [-0.4, -0.2) is 73.1 Å². The van der Waals surface area contributed by atoms with Gasteiger partial charge in [-0.25, -0.2) is 4.79 Å². The number of imide groups is 1. The van der Waals surface area contributed by atoms with Crippen LogP contribution in [0.5, 0.6) is 0 Å². The number of ether oxygens (including phenoxy) is 1. The number of hydrogen-bond donors (Lipinski definition) is 2. The minimum atomic E-state index is -1.23. The number of carbonyl (C=O) groups is 3. The summed E-state index contributed by atoms with van der Waals surface area (Å²) in [5.41, 5.74) is -0.625. The lowest BCUT2D eigenvalue weighted by Crippen LogP contribution is -2.50. The molecule has 1 aromatic rings. The fourth-order valence-electron chi connectivity index (χ4n) is 3.83. The van der Waals surface area contributed by atoms with Crippen LogP contribution in [0.1, 0.15) is 26.3 Å². The van der Waals surface area contributed by atoms with E-state index >= 15 is 0 Å². The van der Waals surface area contributed by atoms with Gasteiger partial charge in [0.25, 0.3) is 5.91 Å². The zero-order valence-electron chi connectivity index (χ0n) is 17.6. The monoisotopic (exact) mass is 436 g/mol. The average Bonchev–Trinajstić information content (AvgIpc) is 2.90. The molecule has 2 atom stereocenters. The van der Waals surface area contributed by atoms with E-state index in [4.69, 9.17) is 16.3 Å². The summed E-state index contributed by atoms with van der Waals surface area (Å²) < 4.78 is 5.73. The third-order valence-electron chi connectivity index (χ3n) is 5.37. The third-order valence-corrected chi connectivity index (χ3v) is 5.62. The van der Waals surface area contributed by atoms with Gasteiger partial charge in [0.1, 0.15) is 12.1 Å². The van der Waals surface area contributed by atoms with Gasteiger partial charge < -0.3 is 15.4 Å². The minimum absolute atomic E-state index is 0.108. The molecule has 0 aliphatic carbocycles. The van der Waals surface area contributed by atoms with Gasteiger partial charge in [-0.3, -0.25) is 19.4 Å². The Morgan fingerprint density at radius 2 is 2.03 bits per heavy atom. The van der Waals surface area contributed by atoms with Gasteiger partial charge in [0.05, 0.1) is 12.7 Å². The lowest BCUT2D eigenvalue weighted by Gasteiger charge is -2.34. The molecule has 0 radical (unpaired) electrons. The van der Waals surface area contributed by atoms with Crippen molar-refractivity contribution in [2.45, 2.75) is 32.4 Å². The Hall–Kier alpha value is -2.16. The van der Waals surface area contributed by atoms with Crippen molar-refractivity contribution in [3.8, 4) is 0 Å². The highest BCUT2D eigenvalue weighted by atomic mass is 35.5. The van der Waals surface area contributed by atoms with Crippen molar-refractivity contribution in [3.05, 3.63) is 34.9 Å². The highest BCUT2D eigenvalue weighted by Crippen LogP contribution is 2.29. The molecular formula is C21H29ClN4O4. The van der Waals surface area contributed by atoms with Crippen molar-refractivity contribution in [3.63, 3.8) is 0 Å². The molecule has 1 aromatic carbocycles. The topological polar surface area (TPSA) is 91.0 Å². The summed E-state index contributed by atoms with van der Waals surface area (Å²) >= 11 is 5.91. The van der Waals surface area contributed by atoms with Crippen molar-refractivity contribution in [2.75, 3.05) is 39.3 Å². The number of morpholine rings is 1. The summed E-state index contributed by atoms with van der Waals surface area (Å²) in [5.74, 6) is -0.307. The fourth-order valence-corrected chi connectivity index (χ4v) is 3.96. The average molecular weight is 437 g/mol. The molecule has 2 heterocycles. The molecule has 164 valence electrons. The van der Waals surface area contributed by atoms with E-state index in [0.717, 1.165) is 24.5 Å². The van der Waals surface area contributed by atoms with Gasteiger partial charge >= 0.3 is 6.03 Å². The van der Waals surface area contributed by atoms with E-state index < -0.39 is 23.4 Å². The molecule has 3 rings (SSSR count). The summed E-state index contributed by atoms with van der Waals surface area (Å²) in [6.07, 6.45) is -0.108. The first-order chi connectivity index (χ1) is 14.2. The molecule has 4 amide bonds. The van der Waals surface area contributed by atoms with Crippen LogP contribution in [0.15, 0.2) is 24.3 Å². The van der Waals surface area contributed by atoms with Crippen molar-refractivity contribution >= 4 is 29.4 Å². The smallest absolute Gasteiger partial charge is 0.325 e.